The van der Waals surface area contributed by atoms with E-state index < -0.39 is 0 Å². The minimum absolute atomic E-state index is 0. The maximum Gasteiger partial charge on any atom is 2.00 e. The maximum absolute atomic E-state index is 9.10. The van der Waals surface area contributed by atoms with Gasteiger partial charge in [-0.15, -0.1) is 12.8 Å². The van der Waals surface area contributed by atoms with Gasteiger partial charge in [0.1, 0.15) is 11.5 Å². The van der Waals surface area contributed by atoms with Gasteiger partial charge in [0.15, 0.2) is 0 Å². The first kappa shape index (κ1) is 26.9. The molecule has 0 aromatic heterocycles. The molecule has 150 valence electrons. The van der Waals surface area contributed by atoms with Gasteiger partial charge in [-0.2, -0.15) is 12.2 Å². The van der Waals surface area contributed by atoms with Gasteiger partial charge in [0.2, 0.25) is 0 Å². The van der Waals surface area contributed by atoms with Gasteiger partial charge in [-0.1, -0.05) is 24.3 Å². The fraction of sp³-hybridized carbons (Fsp3) is 0.231. The Kier molecular flexibility index (Phi) is 14.6. The first-order chi connectivity index (χ1) is 13.4. The van der Waals surface area contributed by atoms with Crippen LogP contribution >= 0.6 is 0 Å². The summed E-state index contributed by atoms with van der Waals surface area (Å²) in [6, 6.07) is 11.3. The Labute approximate surface area is 195 Å². The predicted octanol–water partition coefficient (Wildman–Crippen LogP) is 6.63. The summed E-state index contributed by atoms with van der Waals surface area (Å²) in [6.07, 6.45) is 20.0. The molecule has 0 radical (unpaired) electrons. The summed E-state index contributed by atoms with van der Waals surface area (Å²) in [7, 11) is 0. The molecule has 2 aliphatic carbocycles. The molecule has 2 aromatic carbocycles. The van der Waals surface area contributed by atoms with E-state index in [0.29, 0.717) is 11.5 Å². The molecule has 0 bridgehead atoms. The van der Waals surface area contributed by atoms with Crippen molar-refractivity contribution in [1.82, 2.24) is 0 Å². The van der Waals surface area contributed by atoms with Crippen LogP contribution in [0.1, 0.15) is 35.1 Å². The topological polar surface area (TPSA) is 40.5 Å². The first-order valence-electron chi connectivity index (χ1n) is 9.36. The zero-order chi connectivity index (χ0) is 20.8. The third-order valence-corrected chi connectivity index (χ3v) is 3.90. The molecule has 0 aliphatic heterocycles. The molecule has 0 spiro atoms. The second kappa shape index (κ2) is 15.8. The molecule has 0 unspecified atom stereocenters. The molecule has 2 aromatic rings. The van der Waals surface area contributed by atoms with Gasteiger partial charge in [0, 0.05) is 0 Å². The Morgan fingerprint density at radius 3 is 1.21 bits per heavy atom. The van der Waals surface area contributed by atoms with Crippen molar-refractivity contribution in [2.24, 2.45) is 0 Å². The number of benzene rings is 2. The van der Waals surface area contributed by atoms with E-state index in [2.05, 4.69) is 24.3 Å². The van der Waals surface area contributed by atoms with Crippen molar-refractivity contribution in [1.29, 1.82) is 0 Å². The van der Waals surface area contributed by atoms with E-state index in [9.17, 15) is 0 Å². The quantitative estimate of drug-likeness (QED) is 0.429. The maximum atomic E-state index is 9.10. The number of phenols is 2. The minimum Gasteiger partial charge on any atom is -0.508 e. The van der Waals surface area contributed by atoms with E-state index in [4.69, 9.17) is 10.2 Å². The van der Waals surface area contributed by atoms with Crippen LogP contribution in [0.3, 0.4) is 0 Å². The van der Waals surface area contributed by atoms with Crippen molar-refractivity contribution in [2.75, 3.05) is 0 Å². The van der Waals surface area contributed by atoms with Gasteiger partial charge in [-0.25, -0.2) is 24.3 Å². The first-order valence-corrected chi connectivity index (χ1v) is 9.36. The second-order valence-electron chi connectivity index (χ2n) is 6.59. The van der Waals surface area contributed by atoms with Gasteiger partial charge in [-0.05, 0) is 62.1 Å². The van der Waals surface area contributed by atoms with E-state index in [0.717, 1.165) is 35.1 Å². The predicted molar refractivity (Wildman–Crippen MR) is 118 cm³/mol. The number of aryl methyl sites for hydroxylation is 4. The Bertz CT molecular complexity index is 754. The van der Waals surface area contributed by atoms with E-state index in [1.807, 2.05) is 76.3 Å². The number of hydrogen-bond acceptors (Lipinski definition) is 2. The minimum atomic E-state index is 0. The molecular weight excluding hydrogens is 436 g/mol. The largest absolute Gasteiger partial charge is 2.00 e. The van der Waals surface area contributed by atoms with Gasteiger partial charge < -0.3 is 10.2 Å². The van der Waals surface area contributed by atoms with Crippen molar-refractivity contribution in [3.63, 3.8) is 0 Å². The van der Waals surface area contributed by atoms with Gasteiger partial charge >= 0.3 is 26.2 Å². The number of phenolic OH excluding ortho intramolecular Hbond substituents is 2. The molecule has 0 atom stereocenters. The molecule has 2 nitrogen and oxygen atoms in total. The molecule has 29 heavy (non-hydrogen) atoms. The Morgan fingerprint density at radius 2 is 1.03 bits per heavy atom. The average molecular weight is 466 g/mol. The molecule has 0 amide bonds. The van der Waals surface area contributed by atoms with Gasteiger partial charge in [-0.3, -0.25) is 12.2 Å². The molecular formula is C26H30O2Zr. The Hall–Kier alpha value is -2.12. The number of allylic oxidation sites excluding steroid dienone is 8. The molecule has 4 rings (SSSR count). The zero-order valence-corrected chi connectivity index (χ0v) is 20.2. The molecule has 2 aliphatic rings. The van der Waals surface area contributed by atoms with Crippen LogP contribution in [0.4, 0.5) is 0 Å². The summed E-state index contributed by atoms with van der Waals surface area (Å²) in [5, 5.41) is 18.2. The molecule has 0 saturated heterocycles. The zero-order valence-electron chi connectivity index (χ0n) is 17.7. The number of rotatable bonds is 0. The van der Waals surface area contributed by atoms with E-state index in [-0.39, 0.29) is 26.2 Å². The number of hydrogen-bond donors (Lipinski definition) is 2. The normalized spacial score (nSPS) is 12.0. The third kappa shape index (κ3) is 12.9. The van der Waals surface area contributed by atoms with Crippen LogP contribution in [0.15, 0.2) is 72.9 Å². The standard InChI is InChI=1S/2C8H10O.2C5H5.Zr/c2*1-6-3-4-7(2)8(9)5-6;2*1-2-4-5-3-1;/h2*3-5,9H,1-2H3;2*1-3H,4H2;/q;;2*-1;+2. The van der Waals surface area contributed by atoms with E-state index in [1.54, 1.807) is 12.1 Å². The SMILES string of the molecule is Cc1ccc(C)c(O)c1.Cc1ccc(C)c(O)c1.[C-]1=CC=CC1.[C-]1=CC=CC1.[Zr+2]. The van der Waals surface area contributed by atoms with Gasteiger partial charge in [0.25, 0.3) is 0 Å². The smallest absolute Gasteiger partial charge is 0.508 e. The summed E-state index contributed by atoms with van der Waals surface area (Å²) in [4.78, 5) is 0. The van der Waals surface area contributed by atoms with Crippen molar-refractivity contribution in [2.45, 2.75) is 40.5 Å². The number of aromatic hydroxyl groups is 2. The van der Waals surface area contributed by atoms with E-state index in [1.165, 1.54) is 0 Å². The van der Waals surface area contributed by atoms with Crippen LogP contribution in [0, 0.1) is 39.8 Å². The summed E-state index contributed by atoms with van der Waals surface area (Å²) in [5.74, 6) is 0.769. The molecule has 2 N–H and O–H groups in total. The van der Waals surface area contributed by atoms with Crippen molar-refractivity contribution in [3.05, 3.63) is 107 Å². The van der Waals surface area contributed by atoms with Gasteiger partial charge in [0.05, 0.1) is 0 Å². The Morgan fingerprint density at radius 1 is 0.655 bits per heavy atom. The fourth-order valence-corrected chi connectivity index (χ4v) is 2.12. The van der Waals surface area contributed by atoms with Crippen LogP contribution in [-0.2, 0) is 26.2 Å². The van der Waals surface area contributed by atoms with Crippen LogP contribution < -0.4 is 0 Å². The summed E-state index contributed by atoms with van der Waals surface area (Å²) in [5.41, 5.74) is 4.05. The van der Waals surface area contributed by atoms with Crippen LogP contribution in [0.2, 0.25) is 0 Å². The van der Waals surface area contributed by atoms with Crippen LogP contribution in [0.25, 0.3) is 0 Å². The fourth-order valence-electron chi connectivity index (χ4n) is 2.12. The van der Waals surface area contributed by atoms with Crippen LogP contribution in [-0.4, -0.2) is 10.2 Å². The summed E-state index contributed by atoms with van der Waals surface area (Å²) < 4.78 is 0. The van der Waals surface area contributed by atoms with Crippen LogP contribution in [0.5, 0.6) is 11.5 Å². The molecule has 3 heteroatoms. The second-order valence-corrected chi connectivity index (χ2v) is 6.59. The Balaban J connectivity index is 0.000000369. The summed E-state index contributed by atoms with van der Waals surface area (Å²) >= 11 is 0. The van der Waals surface area contributed by atoms with Crippen molar-refractivity contribution >= 4 is 0 Å². The van der Waals surface area contributed by atoms with Crippen molar-refractivity contribution < 1.29 is 36.4 Å². The third-order valence-electron chi connectivity index (χ3n) is 3.90. The molecule has 0 heterocycles. The van der Waals surface area contributed by atoms with Crippen molar-refractivity contribution in [3.8, 4) is 11.5 Å². The molecule has 0 fully saturated rings. The van der Waals surface area contributed by atoms with E-state index >= 15 is 0 Å². The monoisotopic (exact) mass is 464 g/mol. The summed E-state index contributed by atoms with van der Waals surface area (Å²) in [6.45, 7) is 7.68. The average Bonchev–Trinajstić information content (AvgIpc) is 3.41. The molecule has 0 saturated carbocycles.